The van der Waals surface area contributed by atoms with Gasteiger partial charge in [0, 0.05) is 30.8 Å². The first-order valence-electron chi connectivity index (χ1n) is 11.3. The molecule has 1 aromatic carbocycles. The molecule has 0 spiro atoms. The van der Waals surface area contributed by atoms with Crippen LogP contribution in [0, 0.1) is 5.82 Å². The summed E-state index contributed by atoms with van der Waals surface area (Å²) >= 11 is 0. The van der Waals surface area contributed by atoms with Gasteiger partial charge in [-0.1, -0.05) is 19.3 Å². The summed E-state index contributed by atoms with van der Waals surface area (Å²) in [5.41, 5.74) is 0.0201. The van der Waals surface area contributed by atoms with E-state index in [4.69, 9.17) is 14.5 Å². The second kappa shape index (κ2) is 9.93. The highest BCUT2D eigenvalue weighted by atomic mass is 31.2. The third-order valence-electron chi connectivity index (χ3n) is 6.32. The first-order valence-corrected chi connectivity index (χ1v) is 13.1. The van der Waals surface area contributed by atoms with Crippen LogP contribution in [0.25, 0.3) is 10.9 Å². The van der Waals surface area contributed by atoms with Gasteiger partial charge in [-0.25, -0.2) is 4.39 Å². The molecule has 1 aromatic heterocycles. The lowest BCUT2D eigenvalue weighted by molar-refractivity contribution is 0.0954. The van der Waals surface area contributed by atoms with Gasteiger partial charge in [0.25, 0.3) is 5.91 Å². The second-order valence-electron chi connectivity index (χ2n) is 8.77. The lowest BCUT2D eigenvalue weighted by atomic mass is 9.95. The minimum Gasteiger partial charge on any atom is -0.380 e. The van der Waals surface area contributed by atoms with E-state index in [1.165, 1.54) is 18.7 Å². The number of nitrogens with zero attached hydrogens (tertiary/aromatic N) is 1. The van der Waals surface area contributed by atoms with Crippen molar-refractivity contribution in [2.45, 2.75) is 50.6 Å². The zero-order chi connectivity index (χ0) is 23.6. The SMILES string of the molecule is O=C(NCCP(=O)(O)O)c1cn([C@@H]2CCOC2)c2cc(NC3CCCCC3)c(F)cc2c1=O. The number of fused-ring (bicyclic) bond motifs is 1. The Balaban J connectivity index is 1.72. The Kier molecular flexibility index (Phi) is 7.19. The molecule has 1 atom stereocenters. The molecule has 0 unspecified atom stereocenters. The molecule has 4 N–H and O–H groups in total. The number of aromatic nitrogens is 1. The van der Waals surface area contributed by atoms with E-state index in [0.717, 1.165) is 25.7 Å². The van der Waals surface area contributed by atoms with Gasteiger partial charge in [0.1, 0.15) is 11.4 Å². The first kappa shape index (κ1) is 23.9. The molecule has 0 bridgehead atoms. The number of hydrogen-bond acceptors (Lipinski definition) is 5. The van der Waals surface area contributed by atoms with Crippen LogP contribution in [0.2, 0.25) is 0 Å². The Morgan fingerprint density at radius 1 is 1.21 bits per heavy atom. The number of carbonyl (C=O) groups excluding carboxylic acids is 1. The first-order chi connectivity index (χ1) is 15.7. The highest BCUT2D eigenvalue weighted by Crippen LogP contribution is 2.33. The number of benzene rings is 1. The summed E-state index contributed by atoms with van der Waals surface area (Å²) in [6.07, 6.45) is 6.89. The fourth-order valence-electron chi connectivity index (χ4n) is 4.56. The van der Waals surface area contributed by atoms with Crippen molar-refractivity contribution in [2.24, 2.45) is 0 Å². The minimum atomic E-state index is -4.29. The zero-order valence-corrected chi connectivity index (χ0v) is 19.2. The lowest BCUT2D eigenvalue weighted by Crippen LogP contribution is -2.32. The van der Waals surface area contributed by atoms with E-state index in [1.54, 1.807) is 10.6 Å². The molecule has 1 saturated heterocycles. The van der Waals surface area contributed by atoms with Gasteiger partial charge in [-0.2, -0.15) is 0 Å². The highest BCUT2D eigenvalue weighted by molar-refractivity contribution is 7.51. The maximum absolute atomic E-state index is 15.0. The van der Waals surface area contributed by atoms with Crippen LogP contribution < -0.4 is 16.1 Å². The standard InChI is InChI=1S/C22H29FN3O6P/c23-18-10-16-20(11-19(18)25-14-4-2-1-3-5-14)26(15-6-8-32-13-15)12-17(21(16)27)22(28)24-7-9-33(29,30)31/h10-12,14-15,25H,1-9,13H2,(H,24,28)(H2,29,30,31)/t15-/m1/s1. The summed E-state index contributed by atoms with van der Waals surface area (Å²) in [5, 5.41) is 5.74. The number of amides is 1. The molecule has 4 rings (SSSR count). The number of ether oxygens (including phenoxy) is 1. The number of carbonyl (C=O) groups is 1. The van der Waals surface area contributed by atoms with Crippen LogP contribution >= 0.6 is 7.60 Å². The predicted molar refractivity (Wildman–Crippen MR) is 122 cm³/mol. The second-order valence-corrected chi connectivity index (χ2v) is 10.5. The van der Waals surface area contributed by atoms with Crippen molar-refractivity contribution in [3.63, 3.8) is 0 Å². The van der Waals surface area contributed by atoms with E-state index in [-0.39, 0.29) is 29.6 Å². The largest absolute Gasteiger partial charge is 0.380 e. The van der Waals surface area contributed by atoms with Crippen LogP contribution in [-0.2, 0) is 9.30 Å². The third kappa shape index (κ3) is 5.63. The van der Waals surface area contributed by atoms with E-state index in [1.807, 2.05) is 0 Å². The van der Waals surface area contributed by atoms with Gasteiger partial charge < -0.3 is 29.7 Å². The number of pyridine rings is 1. The van der Waals surface area contributed by atoms with Crippen LogP contribution in [0.1, 0.15) is 54.9 Å². The predicted octanol–water partition coefficient (Wildman–Crippen LogP) is 2.75. The highest BCUT2D eigenvalue weighted by Gasteiger charge is 2.25. The van der Waals surface area contributed by atoms with Crippen molar-refractivity contribution < 1.29 is 28.3 Å². The van der Waals surface area contributed by atoms with Crippen molar-refractivity contribution in [1.82, 2.24) is 9.88 Å². The number of anilines is 1. The van der Waals surface area contributed by atoms with Crippen molar-refractivity contribution >= 4 is 30.1 Å². The van der Waals surface area contributed by atoms with Crippen LogP contribution in [0.4, 0.5) is 10.1 Å². The van der Waals surface area contributed by atoms with E-state index < -0.39 is 30.9 Å². The lowest BCUT2D eigenvalue weighted by Gasteiger charge is -2.25. The molecule has 1 aliphatic heterocycles. The van der Waals surface area contributed by atoms with E-state index >= 15 is 4.39 Å². The van der Waals surface area contributed by atoms with Crippen molar-refractivity contribution in [3.8, 4) is 0 Å². The van der Waals surface area contributed by atoms with E-state index in [0.29, 0.717) is 30.8 Å². The van der Waals surface area contributed by atoms with E-state index in [9.17, 15) is 14.2 Å². The topological polar surface area (TPSA) is 130 Å². The average Bonchev–Trinajstić information content (AvgIpc) is 3.29. The minimum absolute atomic E-state index is 0.0798. The monoisotopic (exact) mass is 481 g/mol. The Bertz CT molecular complexity index is 1140. The van der Waals surface area contributed by atoms with Gasteiger partial charge in [-0.15, -0.1) is 0 Å². The number of halogens is 1. The van der Waals surface area contributed by atoms with Crippen LogP contribution in [-0.4, -0.2) is 52.2 Å². The molecule has 2 heterocycles. The quantitative estimate of drug-likeness (QED) is 0.448. The van der Waals surface area contributed by atoms with Gasteiger partial charge in [-0.05, 0) is 31.4 Å². The number of hydrogen-bond donors (Lipinski definition) is 4. The zero-order valence-electron chi connectivity index (χ0n) is 18.3. The molecule has 1 saturated carbocycles. The molecular weight excluding hydrogens is 452 g/mol. The smallest absolute Gasteiger partial charge is 0.327 e. The maximum atomic E-state index is 15.0. The average molecular weight is 481 g/mol. The number of nitrogens with one attached hydrogen (secondary N) is 2. The summed E-state index contributed by atoms with van der Waals surface area (Å²) in [6.45, 7) is 0.655. The van der Waals surface area contributed by atoms with Crippen LogP contribution in [0.5, 0.6) is 0 Å². The Morgan fingerprint density at radius 3 is 2.64 bits per heavy atom. The van der Waals surface area contributed by atoms with Crippen LogP contribution in [0.3, 0.4) is 0 Å². The van der Waals surface area contributed by atoms with Crippen molar-refractivity contribution in [2.75, 3.05) is 31.2 Å². The Labute approximate surface area is 190 Å². The summed E-state index contributed by atoms with van der Waals surface area (Å²) < 4.78 is 33.3. The summed E-state index contributed by atoms with van der Waals surface area (Å²) in [5.74, 6) is -1.31. The van der Waals surface area contributed by atoms with Crippen molar-refractivity contribution in [3.05, 3.63) is 39.9 Å². The fourth-order valence-corrected chi connectivity index (χ4v) is 4.97. The number of rotatable bonds is 7. The summed E-state index contributed by atoms with van der Waals surface area (Å²) in [7, 11) is -4.29. The van der Waals surface area contributed by atoms with Gasteiger partial charge >= 0.3 is 7.60 Å². The van der Waals surface area contributed by atoms with Crippen molar-refractivity contribution in [1.29, 1.82) is 0 Å². The molecule has 1 aliphatic carbocycles. The molecule has 33 heavy (non-hydrogen) atoms. The van der Waals surface area contributed by atoms with Gasteiger partial charge in [0.05, 0.1) is 30.0 Å². The van der Waals surface area contributed by atoms with Gasteiger partial charge in [0.2, 0.25) is 5.43 Å². The van der Waals surface area contributed by atoms with Crippen LogP contribution in [0.15, 0.2) is 23.1 Å². The molecule has 2 aliphatic rings. The normalized spacial score (nSPS) is 19.7. The summed E-state index contributed by atoms with van der Waals surface area (Å²) in [4.78, 5) is 43.7. The molecule has 0 radical (unpaired) electrons. The molecule has 180 valence electrons. The van der Waals surface area contributed by atoms with E-state index in [2.05, 4.69) is 10.6 Å². The fraction of sp³-hybridized carbons (Fsp3) is 0.545. The van der Waals surface area contributed by atoms with Gasteiger partial charge in [0.15, 0.2) is 0 Å². The summed E-state index contributed by atoms with van der Waals surface area (Å²) in [6, 6.07) is 2.86. The molecule has 1 amide bonds. The molecular formula is C22H29FN3O6P. The third-order valence-corrected chi connectivity index (χ3v) is 7.12. The Hall–Kier alpha value is -2.26. The molecule has 11 heteroatoms. The molecule has 9 nitrogen and oxygen atoms in total. The maximum Gasteiger partial charge on any atom is 0.327 e. The molecule has 2 fully saturated rings. The molecule has 2 aromatic rings. The Morgan fingerprint density at radius 2 is 1.97 bits per heavy atom. The van der Waals surface area contributed by atoms with Gasteiger partial charge in [-0.3, -0.25) is 14.2 Å².